The summed E-state index contributed by atoms with van der Waals surface area (Å²) in [5, 5.41) is 2.94. The summed E-state index contributed by atoms with van der Waals surface area (Å²) >= 11 is 6.04. The first-order valence-corrected chi connectivity index (χ1v) is 11.9. The highest BCUT2D eigenvalue weighted by molar-refractivity contribution is 6.30. The van der Waals surface area contributed by atoms with Gasteiger partial charge in [0.15, 0.2) is 0 Å². The Kier molecular flexibility index (Phi) is 5.92. The van der Waals surface area contributed by atoms with Crippen molar-refractivity contribution in [3.8, 4) is 0 Å². The molecular formula is C26H29ClN4O. The Morgan fingerprint density at radius 3 is 2.31 bits per heavy atom. The van der Waals surface area contributed by atoms with Crippen LogP contribution in [0.2, 0.25) is 5.02 Å². The van der Waals surface area contributed by atoms with E-state index in [9.17, 15) is 4.79 Å². The molecular weight excluding hydrogens is 420 g/mol. The summed E-state index contributed by atoms with van der Waals surface area (Å²) < 4.78 is 0. The van der Waals surface area contributed by atoms with Gasteiger partial charge in [0, 0.05) is 67.1 Å². The van der Waals surface area contributed by atoms with E-state index in [4.69, 9.17) is 16.6 Å². The third kappa shape index (κ3) is 4.26. The number of rotatable bonds is 3. The number of amides is 1. The molecule has 3 aromatic rings. The van der Waals surface area contributed by atoms with Gasteiger partial charge in [-0.3, -0.25) is 4.79 Å². The van der Waals surface area contributed by atoms with E-state index in [1.54, 1.807) is 0 Å². The van der Waals surface area contributed by atoms with Gasteiger partial charge in [-0.1, -0.05) is 24.6 Å². The van der Waals surface area contributed by atoms with E-state index in [1.165, 1.54) is 5.69 Å². The molecule has 5 rings (SSSR count). The molecule has 32 heavy (non-hydrogen) atoms. The molecule has 0 unspecified atom stereocenters. The number of nitrogens with zero attached hydrogens (tertiary/aromatic N) is 4. The summed E-state index contributed by atoms with van der Waals surface area (Å²) in [5.74, 6) is 1.82. The van der Waals surface area contributed by atoms with Crippen LogP contribution in [-0.2, 0) is 0 Å². The van der Waals surface area contributed by atoms with Crippen LogP contribution in [0.1, 0.15) is 30.1 Å². The first-order valence-electron chi connectivity index (χ1n) is 11.5. The van der Waals surface area contributed by atoms with Crippen molar-refractivity contribution < 1.29 is 4.79 Å². The Hall–Kier alpha value is -2.79. The zero-order valence-corrected chi connectivity index (χ0v) is 19.3. The van der Waals surface area contributed by atoms with Gasteiger partial charge >= 0.3 is 0 Å². The minimum Gasteiger partial charge on any atom is -0.368 e. The molecule has 0 aliphatic carbocycles. The van der Waals surface area contributed by atoms with Crippen LogP contribution in [0.5, 0.6) is 0 Å². The highest BCUT2D eigenvalue weighted by atomic mass is 35.5. The molecule has 2 fully saturated rings. The van der Waals surface area contributed by atoms with Crippen molar-refractivity contribution in [1.29, 1.82) is 0 Å². The lowest BCUT2D eigenvalue weighted by Gasteiger charge is -2.37. The Balaban J connectivity index is 1.35. The Morgan fingerprint density at radius 1 is 0.906 bits per heavy atom. The molecule has 2 aliphatic rings. The fourth-order valence-electron chi connectivity index (χ4n) is 4.76. The summed E-state index contributed by atoms with van der Waals surface area (Å²) in [7, 11) is 0. The molecule has 0 N–H and O–H groups in total. The van der Waals surface area contributed by atoms with Gasteiger partial charge in [0.25, 0.3) is 5.91 Å². The minimum absolute atomic E-state index is 0.140. The van der Waals surface area contributed by atoms with Gasteiger partial charge in [0.1, 0.15) is 5.82 Å². The second-order valence-corrected chi connectivity index (χ2v) is 9.43. The van der Waals surface area contributed by atoms with Gasteiger partial charge in [-0.05, 0) is 66.6 Å². The van der Waals surface area contributed by atoms with Gasteiger partial charge in [0.05, 0.1) is 0 Å². The van der Waals surface area contributed by atoms with E-state index < -0.39 is 0 Å². The van der Waals surface area contributed by atoms with Crippen LogP contribution in [0.25, 0.3) is 10.8 Å². The number of hydrogen-bond acceptors (Lipinski definition) is 4. The molecule has 2 aromatic carbocycles. The molecule has 6 heteroatoms. The maximum atomic E-state index is 13.1. The molecule has 3 heterocycles. The largest absolute Gasteiger partial charge is 0.368 e. The van der Waals surface area contributed by atoms with Crippen LogP contribution in [-0.4, -0.2) is 55.1 Å². The normalized spacial score (nSPS) is 17.8. The zero-order chi connectivity index (χ0) is 22.1. The van der Waals surface area contributed by atoms with Crippen LogP contribution in [0, 0.1) is 5.92 Å². The van der Waals surface area contributed by atoms with E-state index in [0.717, 1.165) is 79.3 Å². The zero-order valence-electron chi connectivity index (χ0n) is 18.5. The monoisotopic (exact) mass is 448 g/mol. The molecule has 1 aromatic heterocycles. The first-order chi connectivity index (χ1) is 15.6. The number of halogens is 1. The SMILES string of the molecule is CC1CCN(C(=O)c2ccc3ccnc(N4CCN(c5ccc(Cl)cc5)CC4)c3c2)CC1. The Bertz CT molecular complexity index is 1100. The average molecular weight is 449 g/mol. The third-order valence-corrected chi connectivity index (χ3v) is 7.09. The molecule has 0 bridgehead atoms. The second-order valence-electron chi connectivity index (χ2n) is 9.00. The number of anilines is 2. The lowest BCUT2D eigenvalue weighted by atomic mass is 9.98. The molecule has 2 aliphatic heterocycles. The Labute approximate surface area is 194 Å². The number of piperidine rings is 1. The molecule has 166 valence electrons. The van der Waals surface area contributed by atoms with E-state index in [2.05, 4.69) is 34.9 Å². The summed E-state index contributed by atoms with van der Waals surface area (Å²) in [5.41, 5.74) is 1.96. The third-order valence-electron chi connectivity index (χ3n) is 6.83. The maximum Gasteiger partial charge on any atom is 0.253 e. The molecule has 0 spiro atoms. The standard InChI is InChI=1S/C26H29ClN4O/c1-19-9-12-31(13-10-19)26(32)21-3-2-20-8-11-28-25(24(20)18-21)30-16-14-29(15-17-30)23-6-4-22(27)5-7-23/h2-8,11,18-19H,9-10,12-17H2,1H3. The second kappa shape index (κ2) is 8.99. The van der Waals surface area contributed by atoms with Gasteiger partial charge in [-0.2, -0.15) is 0 Å². The molecule has 0 saturated carbocycles. The molecule has 0 radical (unpaired) electrons. The van der Waals surface area contributed by atoms with Gasteiger partial charge < -0.3 is 14.7 Å². The fourth-order valence-corrected chi connectivity index (χ4v) is 4.89. The van der Waals surface area contributed by atoms with Crippen LogP contribution in [0.15, 0.2) is 54.7 Å². The number of carbonyl (C=O) groups excluding carboxylic acids is 1. The van der Waals surface area contributed by atoms with Crippen molar-refractivity contribution in [2.24, 2.45) is 5.92 Å². The van der Waals surface area contributed by atoms with Crippen LogP contribution >= 0.6 is 11.6 Å². The summed E-state index contributed by atoms with van der Waals surface area (Å²) in [6.45, 7) is 7.58. The summed E-state index contributed by atoms with van der Waals surface area (Å²) in [6.07, 6.45) is 4.05. The van der Waals surface area contributed by atoms with Gasteiger partial charge in [-0.15, -0.1) is 0 Å². The topological polar surface area (TPSA) is 39.7 Å². The number of benzene rings is 2. The van der Waals surface area contributed by atoms with E-state index in [0.29, 0.717) is 5.92 Å². The van der Waals surface area contributed by atoms with Crippen molar-refractivity contribution in [2.45, 2.75) is 19.8 Å². The first kappa shape index (κ1) is 21.1. The minimum atomic E-state index is 0.140. The highest BCUT2D eigenvalue weighted by Gasteiger charge is 2.23. The molecule has 2 saturated heterocycles. The predicted molar refractivity (Wildman–Crippen MR) is 132 cm³/mol. The van der Waals surface area contributed by atoms with E-state index in [1.807, 2.05) is 41.4 Å². The summed E-state index contributed by atoms with van der Waals surface area (Å²) in [6, 6.07) is 16.1. The van der Waals surface area contributed by atoms with Gasteiger partial charge in [0.2, 0.25) is 0 Å². The van der Waals surface area contributed by atoms with Gasteiger partial charge in [-0.25, -0.2) is 4.98 Å². The number of hydrogen-bond donors (Lipinski definition) is 0. The predicted octanol–water partition coefficient (Wildman–Crippen LogP) is 5.09. The number of pyridine rings is 1. The van der Waals surface area contributed by atoms with Crippen molar-refractivity contribution in [2.75, 3.05) is 49.1 Å². The lowest BCUT2D eigenvalue weighted by molar-refractivity contribution is 0.0697. The quantitative estimate of drug-likeness (QED) is 0.559. The fraction of sp³-hybridized carbons (Fsp3) is 0.385. The summed E-state index contributed by atoms with van der Waals surface area (Å²) in [4.78, 5) is 24.6. The highest BCUT2D eigenvalue weighted by Crippen LogP contribution is 2.29. The number of aromatic nitrogens is 1. The van der Waals surface area contributed by atoms with Crippen molar-refractivity contribution in [3.05, 3.63) is 65.3 Å². The average Bonchev–Trinajstić information content (AvgIpc) is 2.84. The molecule has 0 atom stereocenters. The van der Waals surface area contributed by atoms with Crippen LogP contribution in [0.3, 0.4) is 0 Å². The van der Waals surface area contributed by atoms with Crippen molar-refractivity contribution in [3.63, 3.8) is 0 Å². The van der Waals surface area contributed by atoms with Crippen molar-refractivity contribution in [1.82, 2.24) is 9.88 Å². The van der Waals surface area contributed by atoms with Crippen LogP contribution in [0.4, 0.5) is 11.5 Å². The molecule has 1 amide bonds. The number of piperazine rings is 1. The smallest absolute Gasteiger partial charge is 0.253 e. The van der Waals surface area contributed by atoms with Crippen LogP contribution < -0.4 is 9.80 Å². The number of likely N-dealkylation sites (tertiary alicyclic amines) is 1. The van der Waals surface area contributed by atoms with E-state index >= 15 is 0 Å². The van der Waals surface area contributed by atoms with Crippen molar-refractivity contribution >= 4 is 39.8 Å². The Morgan fingerprint density at radius 2 is 1.59 bits per heavy atom. The molecule has 5 nitrogen and oxygen atoms in total. The maximum absolute atomic E-state index is 13.1. The number of carbonyl (C=O) groups is 1. The van der Waals surface area contributed by atoms with E-state index in [-0.39, 0.29) is 5.91 Å². The number of fused-ring (bicyclic) bond motifs is 1. The lowest BCUT2D eigenvalue weighted by Crippen LogP contribution is -2.46.